The zero-order valence-electron chi connectivity index (χ0n) is 11.3. The van der Waals surface area contributed by atoms with E-state index in [0.29, 0.717) is 18.7 Å². The lowest BCUT2D eigenvalue weighted by Gasteiger charge is -2.27. The molecule has 5 heteroatoms. The maximum atomic E-state index is 12.6. The normalized spacial score (nSPS) is 23.8. The van der Waals surface area contributed by atoms with Crippen LogP contribution in [-0.2, 0) is 12.7 Å². The Hall–Kier alpha value is -1.07. The lowest BCUT2D eigenvalue weighted by molar-refractivity contribution is -0.137. The quantitative estimate of drug-likeness (QED) is 0.890. The summed E-state index contributed by atoms with van der Waals surface area (Å²) in [6, 6.07) is 5.35. The minimum absolute atomic E-state index is 0.217. The van der Waals surface area contributed by atoms with Gasteiger partial charge in [0.15, 0.2) is 0 Å². The molecule has 1 aliphatic rings. The summed E-state index contributed by atoms with van der Waals surface area (Å²) in [5.74, 6) is 0.217. The molecule has 1 saturated carbocycles. The monoisotopic (exact) mass is 287 g/mol. The van der Waals surface area contributed by atoms with Crippen LogP contribution in [0.1, 0.15) is 36.8 Å². The molecule has 20 heavy (non-hydrogen) atoms. The zero-order chi connectivity index (χ0) is 14.6. The molecular formula is C15H20F3NO. The Kier molecular flexibility index (Phi) is 5.05. The zero-order valence-corrected chi connectivity index (χ0v) is 11.3. The summed E-state index contributed by atoms with van der Waals surface area (Å²) < 4.78 is 37.7. The van der Waals surface area contributed by atoms with Gasteiger partial charge in [-0.05, 0) is 30.4 Å². The summed E-state index contributed by atoms with van der Waals surface area (Å²) in [4.78, 5) is 0. The van der Waals surface area contributed by atoms with Crippen molar-refractivity contribution in [3.05, 3.63) is 35.4 Å². The fourth-order valence-electron chi connectivity index (χ4n) is 2.69. The van der Waals surface area contributed by atoms with Crippen molar-refractivity contribution < 1.29 is 18.3 Å². The molecule has 2 N–H and O–H groups in total. The van der Waals surface area contributed by atoms with E-state index < -0.39 is 11.7 Å². The average molecular weight is 287 g/mol. The van der Waals surface area contributed by atoms with Crippen molar-refractivity contribution in [3.63, 3.8) is 0 Å². The van der Waals surface area contributed by atoms with Crippen LogP contribution < -0.4 is 5.32 Å². The van der Waals surface area contributed by atoms with Gasteiger partial charge < -0.3 is 10.4 Å². The summed E-state index contributed by atoms with van der Waals surface area (Å²) in [6.07, 6.45) is -0.585. The topological polar surface area (TPSA) is 32.3 Å². The van der Waals surface area contributed by atoms with Crippen LogP contribution in [0.2, 0.25) is 0 Å². The largest absolute Gasteiger partial charge is 0.416 e. The molecule has 0 aliphatic heterocycles. The maximum absolute atomic E-state index is 12.6. The second kappa shape index (κ2) is 6.59. The van der Waals surface area contributed by atoms with Crippen LogP contribution in [0.5, 0.6) is 0 Å². The minimum atomic E-state index is -4.30. The highest BCUT2D eigenvalue weighted by molar-refractivity contribution is 5.25. The van der Waals surface area contributed by atoms with Gasteiger partial charge in [-0.25, -0.2) is 0 Å². The van der Waals surface area contributed by atoms with E-state index in [1.807, 2.05) is 0 Å². The van der Waals surface area contributed by atoms with Gasteiger partial charge in [0.25, 0.3) is 0 Å². The van der Waals surface area contributed by atoms with Gasteiger partial charge in [-0.1, -0.05) is 31.0 Å². The summed E-state index contributed by atoms with van der Waals surface area (Å²) in [7, 11) is 0. The molecule has 0 saturated heterocycles. The Morgan fingerprint density at radius 1 is 1.20 bits per heavy atom. The van der Waals surface area contributed by atoms with Gasteiger partial charge >= 0.3 is 6.18 Å². The maximum Gasteiger partial charge on any atom is 0.416 e. The van der Waals surface area contributed by atoms with Crippen LogP contribution in [0.15, 0.2) is 24.3 Å². The number of halogens is 3. The number of aliphatic hydroxyl groups excluding tert-OH is 1. The summed E-state index contributed by atoms with van der Waals surface area (Å²) in [5, 5.41) is 13.0. The Bertz CT molecular complexity index is 433. The molecule has 2 atom stereocenters. The fourth-order valence-corrected chi connectivity index (χ4v) is 2.69. The molecule has 0 amide bonds. The van der Waals surface area contributed by atoms with E-state index in [1.54, 1.807) is 6.07 Å². The molecule has 2 unspecified atom stereocenters. The third-order valence-corrected chi connectivity index (χ3v) is 3.86. The number of hydrogen-bond acceptors (Lipinski definition) is 2. The third kappa shape index (κ3) is 4.21. The van der Waals surface area contributed by atoms with Crippen molar-refractivity contribution in [2.24, 2.45) is 5.92 Å². The van der Waals surface area contributed by atoms with Gasteiger partial charge in [0.1, 0.15) is 0 Å². The highest BCUT2D eigenvalue weighted by atomic mass is 19.4. The van der Waals surface area contributed by atoms with E-state index in [0.717, 1.165) is 31.7 Å². The Balaban J connectivity index is 1.85. The van der Waals surface area contributed by atoms with E-state index in [2.05, 4.69) is 5.32 Å². The number of alkyl halides is 3. The van der Waals surface area contributed by atoms with Gasteiger partial charge in [-0.15, -0.1) is 0 Å². The van der Waals surface area contributed by atoms with E-state index in [4.69, 9.17) is 0 Å². The third-order valence-electron chi connectivity index (χ3n) is 3.86. The predicted octanol–water partition coefficient (Wildman–Crippen LogP) is 3.35. The molecule has 1 fully saturated rings. The van der Waals surface area contributed by atoms with Crippen LogP contribution in [0.3, 0.4) is 0 Å². The first-order valence-electron chi connectivity index (χ1n) is 7.02. The number of rotatable bonds is 4. The molecule has 1 aromatic rings. The first-order valence-corrected chi connectivity index (χ1v) is 7.02. The van der Waals surface area contributed by atoms with Crippen molar-refractivity contribution in [3.8, 4) is 0 Å². The van der Waals surface area contributed by atoms with Gasteiger partial charge in [0.2, 0.25) is 0 Å². The van der Waals surface area contributed by atoms with Gasteiger partial charge in [-0.3, -0.25) is 0 Å². The van der Waals surface area contributed by atoms with Crippen LogP contribution in [0.4, 0.5) is 13.2 Å². The van der Waals surface area contributed by atoms with E-state index in [1.165, 1.54) is 12.1 Å². The van der Waals surface area contributed by atoms with Crippen molar-refractivity contribution in [2.45, 2.75) is 44.5 Å². The van der Waals surface area contributed by atoms with Crippen molar-refractivity contribution in [1.29, 1.82) is 0 Å². The minimum Gasteiger partial charge on any atom is -0.393 e. The molecule has 112 valence electrons. The molecule has 2 rings (SSSR count). The molecule has 1 aliphatic carbocycles. The van der Waals surface area contributed by atoms with Crippen LogP contribution in [0, 0.1) is 5.92 Å². The van der Waals surface area contributed by atoms with Crippen LogP contribution in [0.25, 0.3) is 0 Å². The number of nitrogens with one attached hydrogen (secondary N) is 1. The van der Waals surface area contributed by atoms with Crippen molar-refractivity contribution in [2.75, 3.05) is 6.54 Å². The van der Waals surface area contributed by atoms with Gasteiger partial charge in [0, 0.05) is 13.1 Å². The average Bonchev–Trinajstić information content (AvgIpc) is 2.40. The number of aliphatic hydroxyl groups is 1. The van der Waals surface area contributed by atoms with Gasteiger partial charge in [0.05, 0.1) is 11.7 Å². The lowest BCUT2D eigenvalue weighted by Crippen LogP contribution is -2.33. The first-order chi connectivity index (χ1) is 9.47. The van der Waals surface area contributed by atoms with E-state index in [-0.39, 0.29) is 12.0 Å². The number of hydrogen-bond donors (Lipinski definition) is 2. The Morgan fingerprint density at radius 3 is 2.65 bits per heavy atom. The summed E-state index contributed by atoms with van der Waals surface area (Å²) in [5.41, 5.74) is -0.000347. The summed E-state index contributed by atoms with van der Waals surface area (Å²) >= 11 is 0. The van der Waals surface area contributed by atoms with E-state index in [9.17, 15) is 18.3 Å². The highest BCUT2D eigenvalue weighted by Crippen LogP contribution is 2.29. The first kappa shape index (κ1) is 15.3. The van der Waals surface area contributed by atoms with Crippen molar-refractivity contribution in [1.82, 2.24) is 5.32 Å². The molecular weight excluding hydrogens is 267 g/mol. The molecule has 0 bridgehead atoms. The smallest absolute Gasteiger partial charge is 0.393 e. The summed E-state index contributed by atoms with van der Waals surface area (Å²) in [6.45, 7) is 1.05. The van der Waals surface area contributed by atoms with Crippen molar-refractivity contribution >= 4 is 0 Å². The SMILES string of the molecule is OC1CCCCC1CNCc1cccc(C(F)(F)F)c1. The molecule has 0 radical (unpaired) electrons. The van der Waals surface area contributed by atoms with Crippen LogP contribution >= 0.6 is 0 Å². The second-order valence-electron chi connectivity index (χ2n) is 5.44. The van der Waals surface area contributed by atoms with Crippen LogP contribution in [-0.4, -0.2) is 17.8 Å². The van der Waals surface area contributed by atoms with Gasteiger partial charge in [-0.2, -0.15) is 13.2 Å². The molecule has 0 aromatic heterocycles. The standard InChI is InChI=1S/C15H20F3NO/c16-15(17,18)13-6-3-4-11(8-13)9-19-10-12-5-1-2-7-14(12)20/h3-4,6,8,12,14,19-20H,1-2,5,7,9-10H2. The molecule has 2 nitrogen and oxygen atoms in total. The highest BCUT2D eigenvalue weighted by Gasteiger charge is 2.30. The Labute approximate surface area is 117 Å². The number of benzene rings is 1. The van der Waals surface area contributed by atoms with E-state index >= 15 is 0 Å². The molecule has 0 heterocycles. The predicted molar refractivity (Wildman–Crippen MR) is 71.1 cm³/mol. The lowest BCUT2D eigenvalue weighted by atomic mass is 9.86. The molecule has 0 spiro atoms. The second-order valence-corrected chi connectivity index (χ2v) is 5.44. The molecule has 1 aromatic carbocycles. The fraction of sp³-hybridized carbons (Fsp3) is 0.600. The Morgan fingerprint density at radius 2 is 1.95 bits per heavy atom.